The third-order valence-electron chi connectivity index (χ3n) is 3.15. The van der Waals surface area contributed by atoms with Crippen molar-refractivity contribution in [2.45, 2.75) is 31.6 Å². The Morgan fingerprint density at radius 3 is 2.50 bits per heavy atom. The van der Waals surface area contributed by atoms with Gasteiger partial charge in [-0.25, -0.2) is 4.39 Å². The number of hydrogen-bond acceptors (Lipinski definition) is 2. The third kappa shape index (κ3) is 4.14. The van der Waals surface area contributed by atoms with E-state index in [0.29, 0.717) is 18.4 Å². The van der Waals surface area contributed by atoms with E-state index in [0.717, 1.165) is 0 Å². The molecule has 0 aromatic heterocycles. The van der Waals surface area contributed by atoms with Crippen molar-refractivity contribution in [2.24, 2.45) is 5.73 Å². The minimum atomic E-state index is -4.29. The number of thiocarbonyl (C=S) groups is 1. The van der Waals surface area contributed by atoms with Gasteiger partial charge in [-0.15, -0.1) is 0 Å². The molecule has 2 rings (SSSR count). The molecule has 0 heterocycles. The van der Waals surface area contributed by atoms with Crippen LogP contribution in [0.5, 0.6) is 0 Å². The molecule has 0 unspecified atom stereocenters. The van der Waals surface area contributed by atoms with E-state index in [1.165, 1.54) is 23.1 Å². The topological polar surface area (TPSA) is 29.3 Å². The molecule has 1 saturated carbocycles. The highest BCUT2D eigenvalue weighted by molar-refractivity contribution is 7.80. The van der Waals surface area contributed by atoms with Gasteiger partial charge in [-0.3, -0.25) is 4.90 Å². The van der Waals surface area contributed by atoms with E-state index < -0.39 is 18.5 Å². The molecular formula is C13H14F4N2S. The Bertz CT molecular complexity index is 512. The molecule has 20 heavy (non-hydrogen) atoms. The fourth-order valence-electron chi connectivity index (χ4n) is 2.05. The fourth-order valence-corrected chi connectivity index (χ4v) is 2.18. The molecule has 1 aliphatic carbocycles. The van der Waals surface area contributed by atoms with Crippen molar-refractivity contribution >= 4 is 17.2 Å². The Labute approximate surface area is 119 Å². The average molecular weight is 306 g/mol. The molecule has 0 amide bonds. The van der Waals surface area contributed by atoms with Gasteiger partial charge >= 0.3 is 6.18 Å². The van der Waals surface area contributed by atoms with Crippen LogP contribution in [-0.4, -0.2) is 28.7 Å². The largest absolute Gasteiger partial charge is 0.401 e. The first-order valence-corrected chi connectivity index (χ1v) is 6.56. The van der Waals surface area contributed by atoms with Crippen LogP contribution in [0, 0.1) is 5.82 Å². The van der Waals surface area contributed by atoms with Gasteiger partial charge in [-0.1, -0.05) is 12.2 Å². The van der Waals surface area contributed by atoms with Gasteiger partial charge in [0, 0.05) is 23.7 Å². The van der Waals surface area contributed by atoms with Crippen LogP contribution in [0.1, 0.15) is 24.0 Å². The molecule has 1 aromatic rings. The average Bonchev–Trinajstić information content (AvgIpc) is 3.12. The van der Waals surface area contributed by atoms with Crippen molar-refractivity contribution in [3.63, 3.8) is 0 Å². The summed E-state index contributed by atoms with van der Waals surface area (Å²) in [5, 5.41) is 0. The third-order valence-corrected chi connectivity index (χ3v) is 3.39. The maximum Gasteiger partial charge on any atom is 0.401 e. The Kier molecular flexibility index (Phi) is 4.29. The molecule has 110 valence electrons. The summed E-state index contributed by atoms with van der Waals surface area (Å²) in [6.07, 6.45) is -2.86. The molecule has 7 heteroatoms. The second-order valence-electron chi connectivity index (χ2n) is 4.92. The van der Waals surface area contributed by atoms with Crippen molar-refractivity contribution in [3.8, 4) is 0 Å². The molecule has 2 N–H and O–H groups in total. The molecular weight excluding hydrogens is 292 g/mol. The van der Waals surface area contributed by atoms with Crippen LogP contribution >= 0.6 is 12.2 Å². The van der Waals surface area contributed by atoms with Crippen LogP contribution in [-0.2, 0) is 6.54 Å². The normalized spacial score (nSPS) is 15.7. The zero-order valence-electron chi connectivity index (χ0n) is 10.6. The number of nitrogens with two attached hydrogens (primary N) is 1. The zero-order chi connectivity index (χ0) is 14.9. The quantitative estimate of drug-likeness (QED) is 0.670. The minimum absolute atomic E-state index is 0.0908. The van der Waals surface area contributed by atoms with Crippen LogP contribution in [0.3, 0.4) is 0 Å². The van der Waals surface area contributed by atoms with Gasteiger partial charge in [-0.05, 0) is 31.0 Å². The van der Waals surface area contributed by atoms with E-state index in [2.05, 4.69) is 0 Å². The summed E-state index contributed by atoms with van der Waals surface area (Å²) in [5.74, 6) is -0.544. The smallest absolute Gasteiger partial charge is 0.389 e. The summed E-state index contributed by atoms with van der Waals surface area (Å²) in [5.41, 5.74) is 6.10. The van der Waals surface area contributed by atoms with Gasteiger partial charge in [0.05, 0.1) is 6.54 Å². The van der Waals surface area contributed by atoms with Crippen molar-refractivity contribution in [2.75, 3.05) is 6.54 Å². The van der Waals surface area contributed by atoms with Crippen molar-refractivity contribution < 1.29 is 17.6 Å². The molecule has 1 aromatic carbocycles. The molecule has 0 saturated heterocycles. The monoisotopic (exact) mass is 306 g/mol. The Morgan fingerprint density at radius 1 is 1.35 bits per heavy atom. The standard InChI is InChI=1S/C13H14F4N2S/c14-11-4-1-8(12(18)20)5-9(11)6-19(10-2-3-10)7-13(15,16)17/h1,4-5,10H,2-3,6-7H2,(H2,18,20). The van der Waals surface area contributed by atoms with Gasteiger partial charge < -0.3 is 5.73 Å². The summed E-state index contributed by atoms with van der Waals surface area (Å²) in [4.78, 5) is 1.35. The molecule has 0 radical (unpaired) electrons. The van der Waals surface area contributed by atoms with E-state index in [1.807, 2.05) is 0 Å². The SMILES string of the molecule is NC(=S)c1ccc(F)c(CN(CC(F)(F)F)C2CC2)c1. The molecule has 0 spiro atoms. The highest BCUT2D eigenvalue weighted by atomic mass is 32.1. The Morgan fingerprint density at radius 2 is 2.00 bits per heavy atom. The lowest BCUT2D eigenvalue weighted by Gasteiger charge is -2.23. The van der Waals surface area contributed by atoms with Crippen molar-refractivity contribution in [3.05, 3.63) is 35.1 Å². The van der Waals surface area contributed by atoms with E-state index in [9.17, 15) is 17.6 Å². The van der Waals surface area contributed by atoms with Crippen LogP contribution in [0.2, 0.25) is 0 Å². The van der Waals surface area contributed by atoms with E-state index in [-0.39, 0.29) is 23.1 Å². The highest BCUT2D eigenvalue weighted by Crippen LogP contribution is 2.31. The van der Waals surface area contributed by atoms with Crippen LogP contribution in [0.4, 0.5) is 17.6 Å². The number of rotatable bonds is 5. The summed E-state index contributed by atoms with van der Waals surface area (Å²) >= 11 is 4.79. The predicted octanol–water partition coefficient (Wildman–Crippen LogP) is 2.99. The van der Waals surface area contributed by atoms with E-state index in [4.69, 9.17) is 18.0 Å². The number of benzene rings is 1. The number of nitrogens with zero attached hydrogens (tertiary/aromatic N) is 1. The number of halogens is 4. The van der Waals surface area contributed by atoms with E-state index >= 15 is 0 Å². The summed E-state index contributed by atoms with van der Waals surface area (Å²) < 4.78 is 51.3. The van der Waals surface area contributed by atoms with Gasteiger partial charge in [0.1, 0.15) is 10.8 Å². The van der Waals surface area contributed by atoms with Crippen molar-refractivity contribution in [1.82, 2.24) is 4.90 Å². The first kappa shape index (κ1) is 15.2. The van der Waals surface area contributed by atoms with Crippen LogP contribution < -0.4 is 5.73 Å². The zero-order valence-corrected chi connectivity index (χ0v) is 11.4. The second-order valence-corrected chi connectivity index (χ2v) is 5.36. The second kappa shape index (κ2) is 5.65. The van der Waals surface area contributed by atoms with Crippen LogP contribution in [0.15, 0.2) is 18.2 Å². The van der Waals surface area contributed by atoms with Gasteiger partial charge in [0.2, 0.25) is 0 Å². The predicted molar refractivity (Wildman–Crippen MR) is 71.8 cm³/mol. The first-order valence-electron chi connectivity index (χ1n) is 6.15. The maximum atomic E-state index is 13.7. The highest BCUT2D eigenvalue weighted by Gasteiger charge is 2.38. The lowest BCUT2D eigenvalue weighted by molar-refractivity contribution is -0.148. The van der Waals surface area contributed by atoms with E-state index in [1.54, 1.807) is 0 Å². The molecule has 2 nitrogen and oxygen atoms in total. The van der Waals surface area contributed by atoms with Gasteiger partial charge in [0.15, 0.2) is 0 Å². The number of hydrogen-bond donors (Lipinski definition) is 1. The Hall–Kier alpha value is -1.21. The van der Waals surface area contributed by atoms with Crippen LogP contribution in [0.25, 0.3) is 0 Å². The molecule has 1 aliphatic rings. The molecule has 0 atom stereocenters. The lowest BCUT2D eigenvalue weighted by Crippen LogP contribution is -2.35. The molecule has 0 bridgehead atoms. The minimum Gasteiger partial charge on any atom is -0.389 e. The number of alkyl halides is 3. The lowest BCUT2D eigenvalue weighted by atomic mass is 10.1. The summed E-state index contributed by atoms with van der Waals surface area (Å²) in [6, 6.07) is 3.91. The van der Waals surface area contributed by atoms with Gasteiger partial charge in [0.25, 0.3) is 0 Å². The molecule has 0 aliphatic heterocycles. The molecule has 1 fully saturated rings. The van der Waals surface area contributed by atoms with Gasteiger partial charge in [-0.2, -0.15) is 13.2 Å². The Balaban J connectivity index is 2.17. The maximum absolute atomic E-state index is 13.7. The summed E-state index contributed by atoms with van der Waals surface area (Å²) in [7, 11) is 0. The fraction of sp³-hybridized carbons (Fsp3) is 0.462. The first-order chi connectivity index (χ1) is 9.26. The van der Waals surface area contributed by atoms with Crippen molar-refractivity contribution in [1.29, 1.82) is 0 Å². The summed E-state index contributed by atoms with van der Waals surface area (Å²) in [6.45, 7) is -1.12.